The molecule has 2 aromatic heterocycles. The van der Waals surface area contributed by atoms with Crippen molar-refractivity contribution in [3.8, 4) is 17.1 Å². The number of fused-ring (bicyclic) bond motifs is 1. The van der Waals surface area contributed by atoms with Gasteiger partial charge in [0.05, 0.1) is 20.8 Å². The lowest BCUT2D eigenvalue weighted by Crippen LogP contribution is -1.88. The number of rotatable bonds is 2. The highest BCUT2D eigenvalue weighted by molar-refractivity contribution is 6.48. The summed E-state index contributed by atoms with van der Waals surface area (Å²) in [5.41, 5.74) is 2.90. The van der Waals surface area contributed by atoms with Crippen LogP contribution in [0.1, 0.15) is 0 Å². The number of nitrogens with zero attached hydrogens (tertiary/aromatic N) is 4. The normalized spacial score (nSPS) is 11.3. The molecule has 0 bridgehead atoms. The number of aromatic nitrogens is 4. The van der Waals surface area contributed by atoms with E-state index in [4.69, 9.17) is 39.2 Å². The van der Waals surface area contributed by atoms with E-state index in [-0.39, 0.29) is 0 Å². The van der Waals surface area contributed by atoms with Crippen LogP contribution in [0.4, 0.5) is 0 Å². The summed E-state index contributed by atoms with van der Waals surface area (Å²) in [6, 6.07) is 8.94. The Hall–Kier alpha value is -2.08. The van der Waals surface area contributed by atoms with Crippen molar-refractivity contribution in [2.45, 2.75) is 0 Å². The van der Waals surface area contributed by atoms with Gasteiger partial charge in [0.2, 0.25) is 5.89 Å². The number of benzene rings is 2. The molecule has 0 unspecified atom stereocenters. The third-order valence-electron chi connectivity index (χ3n) is 3.32. The summed E-state index contributed by atoms with van der Waals surface area (Å²) in [5.74, 6) is 0.418. The summed E-state index contributed by atoms with van der Waals surface area (Å²) in [4.78, 5) is 4.48. The average Bonchev–Trinajstić information content (AvgIpc) is 3.20. The molecule has 2 aromatic carbocycles. The molecule has 23 heavy (non-hydrogen) atoms. The molecule has 0 aliphatic carbocycles. The Balaban J connectivity index is 1.83. The summed E-state index contributed by atoms with van der Waals surface area (Å²) >= 11 is 18.1. The number of oxazole rings is 1. The van der Waals surface area contributed by atoms with Crippen molar-refractivity contribution < 1.29 is 4.42 Å². The Morgan fingerprint density at radius 2 is 1.61 bits per heavy atom. The molecular weight excluding hydrogens is 359 g/mol. The van der Waals surface area contributed by atoms with Gasteiger partial charge in [-0.1, -0.05) is 34.8 Å². The maximum atomic E-state index is 6.06. The smallest absolute Gasteiger partial charge is 0.227 e. The lowest BCUT2D eigenvalue weighted by Gasteiger charge is -2.01. The fourth-order valence-corrected chi connectivity index (χ4v) is 2.81. The van der Waals surface area contributed by atoms with E-state index in [0.29, 0.717) is 37.6 Å². The maximum absolute atomic E-state index is 6.06. The molecule has 5 nitrogen and oxygen atoms in total. The van der Waals surface area contributed by atoms with Crippen molar-refractivity contribution in [1.29, 1.82) is 0 Å². The second-order valence-corrected chi connectivity index (χ2v) is 5.99. The highest BCUT2D eigenvalue weighted by atomic mass is 35.5. The Labute approximate surface area is 145 Å². The topological polar surface area (TPSA) is 56.7 Å². The summed E-state index contributed by atoms with van der Waals surface area (Å²) in [6.45, 7) is 0. The Morgan fingerprint density at radius 1 is 0.913 bits per heavy atom. The van der Waals surface area contributed by atoms with Crippen LogP contribution in [-0.2, 0) is 0 Å². The molecule has 114 valence electrons. The lowest BCUT2D eigenvalue weighted by atomic mass is 10.2. The van der Waals surface area contributed by atoms with Gasteiger partial charge in [0, 0.05) is 5.56 Å². The minimum absolute atomic E-state index is 0.308. The molecule has 0 amide bonds. The van der Waals surface area contributed by atoms with Crippen LogP contribution in [0, 0.1) is 0 Å². The summed E-state index contributed by atoms with van der Waals surface area (Å²) in [5, 5.41) is 8.58. The first-order chi connectivity index (χ1) is 11.1. The van der Waals surface area contributed by atoms with Crippen molar-refractivity contribution in [1.82, 2.24) is 19.7 Å². The minimum Gasteiger partial charge on any atom is -0.436 e. The van der Waals surface area contributed by atoms with E-state index in [1.165, 1.54) is 0 Å². The second-order valence-electron chi connectivity index (χ2n) is 4.79. The molecule has 0 saturated heterocycles. The molecule has 0 radical (unpaired) electrons. The van der Waals surface area contributed by atoms with E-state index in [1.54, 1.807) is 29.4 Å². The molecule has 0 atom stereocenters. The van der Waals surface area contributed by atoms with E-state index in [1.807, 2.05) is 18.2 Å². The average molecular weight is 366 g/mol. The summed E-state index contributed by atoms with van der Waals surface area (Å²) < 4.78 is 7.55. The summed E-state index contributed by atoms with van der Waals surface area (Å²) in [6.07, 6.45) is 3.22. The third-order valence-corrected chi connectivity index (χ3v) is 4.52. The maximum Gasteiger partial charge on any atom is 0.227 e. The van der Waals surface area contributed by atoms with Crippen LogP contribution in [0.5, 0.6) is 0 Å². The van der Waals surface area contributed by atoms with E-state index < -0.39 is 0 Å². The fourth-order valence-electron chi connectivity index (χ4n) is 2.21. The highest BCUT2D eigenvalue weighted by Gasteiger charge is 2.13. The van der Waals surface area contributed by atoms with E-state index in [9.17, 15) is 0 Å². The van der Waals surface area contributed by atoms with Crippen LogP contribution in [0.3, 0.4) is 0 Å². The summed E-state index contributed by atoms with van der Waals surface area (Å²) in [7, 11) is 0. The predicted octanol–water partition coefficient (Wildman–Crippen LogP) is 5.04. The van der Waals surface area contributed by atoms with Gasteiger partial charge in [-0.25, -0.2) is 4.98 Å². The van der Waals surface area contributed by atoms with Gasteiger partial charge in [-0.15, -0.1) is 10.2 Å². The van der Waals surface area contributed by atoms with Gasteiger partial charge in [0.15, 0.2) is 5.58 Å². The first-order valence-electron chi connectivity index (χ1n) is 6.52. The quantitative estimate of drug-likeness (QED) is 0.467. The molecule has 0 N–H and O–H groups in total. The van der Waals surface area contributed by atoms with Crippen molar-refractivity contribution in [2.75, 3.05) is 0 Å². The molecule has 0 aliphatic rings. The largest absolute Gasteiger partial charge is 0.436 e. The Bertz CT molecular complexity index is 988. The van der Waals surface area contributed by atoms with Crippen LogP contribution in [-0.4, -0.2) is 19.7 Å². The molecular formula is C15H7Cl3N4O. The van der Waals surface area contributed by atoms with Crippen molar-refractivity contribution in [2.24, 2.45) is 0 Å². The predicted molar refractivity (Wildman–Crippen MR) is 89.4 cm³/mol. The zero-order chi connectivity index (χ0) is 16.0. The standard InChI is InChI=1S/C15H7Cl3N4O/c16-10-3-8(4-11(17)14(10)18)15-21-12-5-9(1-2-13(12)23-15)22-6-19-20-7-22/h1-7H. The van der Waals surface area contributed by atoms with Crippen molar-refractivity contribution >= 4 is 45.9 Å². The van der Waals surface area contributed by atoms with E-state index >= 15 is 0 Å². The van der Waals surface area contributed by atoms with E-state index in [2.05, 4.69) is 15.2 Å². The third kappa shape index (κ3) is 2.57. The van der Waals surface area contributed by atoms with E-state index in [0.717, 1.165) is 5.69 Å². The van der Waals surface area contributed by atoms with Crippen LogP contribution >= 0.6 is 34.8 Å². The zero-order valence-corrected chi connectivity index (χ0v) is 13.6. The Morgan fingerprint density at radius 3 is 2.30 bits per heavy atom. The SMILES string of the molecule is Clc1cc(-c2nc3cc(-n4cnnc4)ccc3o2)cc(Cl)c1Cl. The van der Waals surface area contributed by atoms with Crippen LogP contribution in [0.2, 0.25) is 15.1 Å². The molecule has 0 spiro atoms. The van der Waals surface area contributed by atoms with Crippen LogP contribution in [0.15, 0.2) is 47.4 Å². The van der Waals surface area contributed by atoms with Gasteiger partial charge in [0.25, 0.3) is 0 Å². The van der Waals surface area contributed by atoms with Crippen LogP contribution in [0.25, 0.3) is 28.2 Å². The number of halogens is 3. The molecule has 0 saturated carbocycles. The van der Waals surface area contributed by atoms with Crippen LogP contribution < -0.4 is 0 Å². The number of hydrogen-bond acceptors (Lipinski definition) is 4. The first kappa shape index (κ1) is 14.5. The molecule has 4 aromatic rings. The first-order valence-corrected chi connectivity index (χ1v) is 7.66. The van der Waals surface area contributed by atoms with Gasteiger partial charge in [0.1, 0.15) is 18.2 Å². The van der Waals surface area contributed by atoms with Gasteiger partial charge in [-0.3, -0.25) is 4.57 Å². The minimum atomic E-state index is 0.308. The highest BCUT2D eigenvalue weighted by Crippen LogP contribution is 2.35. The van der Waals surface area contributed by atoms with Gasteiger partial charge >= 0.3 is 0 Å². The lowest BCUT2D eigenvalue weighted by molar-refractivity contribution is 0.620. The number of hydrogen-bond donors (Lipinski definition) is 0. The fraction of sp³-hybridized carbons (Fsp3) is 0. The van der Waals surface area contributed by atoms with Gasteiger partial charge in [-0.05, 0) is 30.3 Å². The molecule has 0 aliphatic heterocycles. The second kappa shape index (κ2) is 5.53. The van der Waals surface area contributed by atoms with Crippen molar-refractivity contribution in [3.05, 3.63) is 58.1 Å². The molecule has 8 heteroatoms. The monoisotopic (exact) mass is 364 g/mol. The van der Waals surface area contributed by atoms with Gasteiger partial charge in [-0.2, -0.15) is 0 Å². The molecule has 0 fully saturated rings. The van der Waals surface area contributed by atoms with Gasteiger partial charge < -0.3 is 4.42 Å². The Kier molecular flexibility index (Phi) is 3.49. The molecule has 4 rings (SSSR count). The van der Waals surface area contributed by atoms with Crippen molar-refractivity contribution in [3.63, 3.8) is 0 Å². The molecule has 2 heterocycles. The zero-order valence-electron chi connectivity index (χ0n) is 11.4.